The summed E-state index contributed by atoms with van der Waals surface area (Å²) < 4.78 is 5.08. The molecule has 0 amide bonds. The van der Waals surface area contributed by atoms with E-state index in [0.717, 1.165) is 11.3 Å². The molecule has 10 heavy (non-hydrogen) atoms. The van der Waals surface area contributed by atoms with Gasteiger partial charge < -0.3 is 9.52 Å². The number of aryl methyl sites for hydroxylation is 1. The molecule has 1 aromatic rings. The Kier molecular flexibility index (Phi) is 2.12. The van der Waals surface area contributed by atoms with Crippen LogP contribution in [-0.2, 0) is 0 Å². The Labute approximate surface area is 60.5 Å². The minimum atomic E-state index is 0.181. The molecule has 0 saturated carbocycles. The number of rotatable bonds is 2. The predicted molar refractivity (Wildman–Crippen MR) is 38.9 cm³/mol. The van der Waals surface area contributed by atoms with Gasteiger partial charge in [-0.05, 0) is 18.6 Å². The molecule has 1 rings (SSSR count). The Bertz CT molecular complexity index is 203. The Balaban J connectivity index is 2.82. The first-order valence-electron chi connectivity index (χ1n) is 3.40. The molecule has 0 saturated heterocycles. The zero-order chi connectivity index (χ0) is 7.56. The standard InChI is InChI=1S/C8H12O2/c1-6(5-9)8-3-4-10-7(8)2/h3-4,6,9H,5H2,1-2H3. The number of hydrogen-bond acceptors (Lipinski definition) is 2. The summed E-state index contributed by atoms with van der Waals surface area (Å²) in [6.45, 7) is 4.06. The fourth-order valence-electron chi connectivity index (χ4n) is 1.00. The second-order valence-electron chi connectivity index (χ2n) is 2.52. The molecular formula is C8H12O2. The van der Waals surface area contributed by atoms with Crippen LogP contribution in [-0.4, -0.2) is 11.7 Å². The highest BCUT2D eigenvalue weighted by Gasteiger charge is 2.08. The van der Waals surface area contributed by atoms with Crippen LogP contribution in [0.3, 0.4) is 0 Å². The molecule has 1 N–H and O–H groups in total. The first kappa shape index (κ1) is 7.35. The third-order valence-corrected chi connectivity index (χ3v) is 1.70. The van der Waals surface area contributed by atoms with Crippen molar-refractivity contribution in [2.24, 2.45) is 0 Å². The van der Waals surface area contributed by atoms with Gasteiger partial charge >= 0.3 is 0 Å². The van der Waals surface area contributed by atoms with Gasteiger partial charge in [0, 0.05) is 12.5 Å². The summed E-state index contributed by atoms with van der Waals surface area (Å²) >= 11 is 0. The minimum Gasteiger partial charge on any atom is -0.469 e. The van der Waals surface area contributed by atoms with Gasteiger partial charge in [-0.3, -0.25) is 0 Å². The highest BCUT2D eigenvalue weighted by molar-refractivity contribution is 5.19. The Morgan fingerprint density at radius 2 is 2.40 bits per heavy atom. The average molecular weight is 140 g/mol. The third-order valence-electron chi connectivity index (χ3n) is 1.70. The summed E-state index contributed by atoms with van der Waals surface area (Å²) in [7, 11) is 0. The highest BCUT2D eigenvalue weighted by atomic mass is 16.3. The normalized spacial score (nSPS) is 13.5. The summed E-state index contributed by atoms with van der Waals surface area (Å²) in [4.78, 5) is 0. The topological polar surface area (TPSA) is 33.4 Å². The second-order valence-corrected chi connectivity index (χ2v) is 2.52. The maximum absolute atomic E-state index is 8.79. The zero-order valence-electron chi connectivity index (χ0n) is 6.29. The van der Waals surface area contributed by atoms with Crippen LogP contribution in [0.15, 0.2) is 16.7 Å². The van der Waals surface area contributed by atoms with Gasteiger partial charge in [0.25, 0.3) is 0 Å². The quantitative estimate of drug-likeness (QED) is 0.678. The van der Waals surface area contributed by atoms with Gasteiger partial charge in [0.05, 0.1) is 6.26 Å². The van der Waals surface area contributed by atoms with E-state index in [2.05, 4.69) is 0 Å². The average Bonchev–Trinajstić information content (AvgIpc) is 2.34. The lowest BCUT2D eigenvalue weighted by atomic mass is 10.0. The summed E-state index contributed by atoms with van der Waals surface area (Å²) in [6.07, 6.45) is 1.65. The van der Waals surface area contributed by atoms with Crippen molar-refractivity contribution < 1.29 is 9.52 Å². The third kappa shape index (κ3) is 1.21. The first-order valence-corrected chi connectivity index (χ1v) is 3.40. The lowest BCUT2D eigenvalue weighted by Gasteiger charge is -2.04. The van der Waals surface area contributed by atoms with Gasteiger partial charge in [-0.15, -0.1) is 0 Å². The van der Waals surface area contributed by atoms with Crippen LogP contribution in [0.1, 0.15) is 24.2 Å². The van der Waals surface area contributed by atoms with Crippen molar-refractivity contribution in [2.45, 2.75) is 19.8 Å². The zero-order valence-corrected chi connectivity index (χ0v) is 6.29. The highest BCUT2D eigenvalue weighted by Crippen LogP contribution is 2.18. The van der Waals surface area contributed by atoms with Gasteiger partial charge in [-0.2, -0.15) is 0 Å². The lowest BCUT2D eigenvalue weighted by molar-refractivity contribution is 0.272. The molecule has 1 heterocycles. The molecule has 0 aliphatic heterocycles. The summed E-state index contributed by atoms with van der Waals surface area (Å²) in [5, 5.41) is 8.79. The molecule has 2 heteroatoms. The summed E-state index contributed by atoms with van der Waals surface area (Å²) in [5.74, 6) is 1.10. The van der Waals surface area contributed by atoms with E-state index in [-0.39, 0.29) is 12.5 Å². The number of furan rings is 1. The van der Waals surface area contributed by atoms with Crippen LogP contribution in [0.2, 0.25) is 0 Å². The maximum atomic E-state index is 8.79. The van der Waals surface area contributed by atoms with Crippen molar-refractivity contribution >= 4 is 0 Å². The molecule has 0 radical (unpaired) electrons. The van der Waals surface area contributed by atoms with Gasteiger partial charge in [0.1, 0.15) is 5.76 Å². The van der Waals surface area contributed by atoms with Crippen LogP contribution in [0.5, 0.6) is 0 Å². The van der Waals surface area contributed by atoms with E-state index >= 15 is 0 Å². The van der Waals surface area contributed by atoms with E-state index in [0.29, 0.717) is 0 Å². The Hall–Kier alpha value is -0.760. The number of aliphatic hydroxyl groups excluding tert-OH is 1. The SMILES string of the molecule is Cc1occc1C(C)CO. The van der Waals surface area contributed by atoms with Crippen LogP contribution in [0, 0.1) is 6.92 Å². The van der Waals surface area contributed by atoms with E-state index in [9.17, 15) is 0 Å². The second kappa shape index (κ2) is 2.88. The molecule has 0 aliphatic carbocycles. The van der Waals surface area contributed by atoms with E-state index in [1.165, 1.54) is 0 Å². The van der Waals surface area contributed by atoms with Crippen molar-refractivity contribution in [3.8, 4) is 0 Å². The van der Waals surface area contributed by atoms with Gasteiger partial charge in [0.2, 0.25) is 0 Å². The molecule has 0 fully saturated rings. The minimum absolute atomic E-state index is 0.181. The van der Waals surface area contributed by atoms with Gasteiger partial charge in [-0.25, -0.2) is 0 Å². The van der Waals surface area contributed by atoms with Gasteiger partial charge in [-0.1, -0.05) is 6.92 Å². The Morgan fingerprint density at radius 1 is 1.70 bits per heavy atom. The number of hydrogen-bond donors (Lipinski definition) is 1. The fourth-order valence-corrected chi connectivity index (χ4v) is 1.00. The van der Waals surface area contributed by atoms with E-state index in [4.69, 9.17) is 9.52 Å². The van der Waals surface area contributed by atoms with E-state index < -0.39 is 0 Å². The van der Waals surface area contributed by atoms with Crippen LogP contribution in [0.4, 0.5) is 0 Å². The van der Waals surface area contributed by atoms with E-state index in [1.807, 2.05) is 19.9 Å². The Morgan fingerprint density at radius 3 is 2.80 bits per heavy atom. The molecule has 0 spiro atoms. The maximum Gasteiger partial charge on any atom is 0.104 e. The lowest BCUT2D eigenvalue weighted by Crippen LogP contribution is -1.98. The molecule has 0 bridgehead atoms. The molecule has 1 unspecified atom stereocenters. The van der Waals surface area contributed by atoms with Gasteiger partial charge in [0.15, 0.2) is 0 Å². The van der Waals surface area contributed by atoms with Crippen molar-refractivity contribution in [3.05, 3.63) is 23.7 Å². The monoisotopic (exact) mass is 140 g/mol. The van der Waals surface area contributed by atoms with Crippen molar-refractivity contribution in [2.75, 3.05) is 6.61 Å². The van der Waals surface area contributed by atoms with Crippen LogP contribution < -0.4 is 0 Å². The molecule has 0 aliphatic rings. The molecule has 1 aromatic heterocycles. The number of aliphatic hydroxyl groups is 1. The molecule has 0 aromatic carbocycles. The molecule has 56 valence electrons. The van der Waals surface area contributed by atoms with Crippen molar-refractivity contribution in [3.63, 3.8) is 0 Å². The van der Waals surface area contributed by atoms with Crippen LogP contribution in [0.25, 0.3) is 0 Å². The van der Waals surface area contributed by atoms with Crippen LogP contribution >= 0.6 is 0 Å². The molecule has 1 atom stereocenters. The largest absolute Gasteiger partial charge is 0.469 e. The summed E-state index contributed by atoms with van der Waals surface area (Å²) in [5.41, 5.74) is 1.10. The fraction of sp³-hybridized carbons (Fsp3) is 0.500. The van der Waals surface area contributed by atoms with E-state index in [1.54, 1.807) is 6.26 Å². The van der Waals surface area contributed by atoms with Crippen molar-refractivity contribution in [1.29, 1.82) is 0 Å². The summed E-state index contributed by atoms with van der Waals surface area (Å²) in [6, 6.07) is 1.90. The van der Waals surface area contributed by atoms with Crippen molar-refractivity contribution in [1.82, 2.24) is 0 Å². The molecular weight excluding hydrogens is 128 g/mol. The first-order chi connectivity index (χ1) is 4.75. The smallest absolute Gasteiger partial charge is 0.104 e. The predicted octanol–water partition coefficient (Wildman–Crippen LogP) is 1.68. The molecule has 2 nitrogen and oxygen atoms in total.